The summed E-state index contributed by atoms with van der Waals surface area (Å²) in [6, 6.07) is 1.80. The topological polar surface area (TPSA) is 151 Å². The Morgan fingerprint density at radius 2 is 2.32 bits per heavy atom. The normalized spacial score (nSPS) is 19.7. The first kappa shape index (κ1) is 16.9. The van der Waals surface area contributed by atoms with Gasteiger partial charge in [0, 0.05) is 19.8 Å². The number of nitrogens with zero attached hydrogens (tertiary/aromatic N) is 6. The largest absolute Gasteiger partial charge is 0.463 e. The van der Waals surface area contributed by atoms with Crippen molar-refractivity contribution in [2.75, 3.05) is 6.61 Å². The molecule has 12 heteroatoms. The molecule has 0 aromatic carbocycles. The minimum atomic E-state index is -0.856. The van der Waals surface area contributed by atoms with Crippen molar-refractivity contribution in [1.82, 2.24) is 24.8 Å². The first-order valence-corrected chi connectivity index (χ1v) is 7.38. The number of thiocarbonyl (C=S) groups is 1. The molecule has 3 heterocycles. The summed E-state index contributed by atoms with van der Waals surface area (Å²) in [5.41, 5.74) is 4.72. The highest BCUT2D eigenvalue weighted by Crippen LogP contribution is 2.25. The lowest BCUT2D eigenvalue weighted by Crippen LogP contribution is -2.32. The summed E-state index contributed by atoms with van der Waals surface area (Å²) in [4.78, 5) is 23.6. The van der Waals surface area contributed by atoms with E-state index in [4.69, 9.17) is 32.7 Å². The molecule has 3 rings (SSSR count). The fourth-order valence-electron chi connectivity index (χ4n) is 2.26. The van der Waals surface area contributed by atoms with Crippen molar-refractivity contribution in [2.24, 2.45) is 5.73 Å². The Kier molecular flexibility index (Phi) is 4.43. The molecule has 0 spiro atoms. The minimum Gasteiger partial charge on any atom is -0.463 e. The molecular formula is C13H11N7O4S. The molecule has 2 atom stereocenters. The first-order chi connectivity index (χ1) is 11.9. The Morgan fingerprint density at radius 1 is 1.56 bits per heavy atom. The molecule has 1 aliphatic rings. The van der Waals surface area contributed by atoms with E-state index in [-0.39, 0.29) is 28.4 Å². The lowest BCUT2D eigenvalue weighted by molar-refractivity contribution is -0.145. The van der Waals surface area contributed by atoms with Crippen LogP contribution in [0.15, 0.2) is 4.79 Å². The van der Waals surface area contributed by atoms with Crippen LogP contribution in [0.1, 0.15) is 18.8 Å². The highest BCUT2D eigenvalue weighted by atomic mass is 32.1. The van der Waals surface area contributed by atoms with Gasteiger partial charge in [0.25, 0.3) is 5.56 Å². The number of ether oxygens (including phenoxy) is 2. The Morgan fingerprint density at radius 3 is 2.96 bits per heavy atom. The van der Waals surface area contributed by atoms with Crippen molar-refractivity contribution in [1.29, 1.82) is 5.26 Å². The zero-order chi connectivity index (χ0) is 18.1. The maximum atomic E-state index is 12.7. The molecule has 2 aromatic heterocycles. The van der Waals surface area contributed by atoms with E-state index in [1.54, 1.807) is 18.9 Å². The molecule has 128 valence electrons. The number of nitrogens with two attached hydrogens (primary N) is 1. The summed E-state index contributed by atoms with van der Waals surface area (Å²) >= 11 is 4.84. The lowest BCUT2D eigenvalue weighted by atomic mass is 10.2. The van der Waals surface area contributed by atoms with Crippen molar-refractivity contribution in [3.05, 3.63) is 28.9 Å². The van der Waals surface area contributed by atoms with E-state index >= 15 is 0 Å². The summed E-state index contributed by atoms with van der Waals surface area (Å²) in [5.74, 6) is -0.441. The number of carbonyl (C=O) groups excluding carboxylic acids is 1. The fourth-order valence-corrected chi connectivity index (χ4v) is 2.39. The standard InChI is InChI=1S/C13H11N7O4S/c1-6(21)23-5-7-2-3-9(24-7)19-12(22)11-10(16-18-19)8(4-14)17-20(11)13(15)25/h2-3,7,9H,5H2,1H3,(H2,15,25). The Hall–Kier alpha value is -2.91. The van der Waals surface area contributed by atoms with Crippen molar-refractivity contribution >= 4 is 34.3 Å². The first-order valence-electron chi connectivity index (χ1n) is 6.97. The van der Waals surface area contributed by atoms with E-state index in [1.165, 1.54) is 6.92 Å². The number of carbonyl (C=O) groups is 1. The molecule has 2 N–H and O–H groups in total. The summed E-state index contributed by atoms with van der Waals surface area (Å²) < 4.78 is 12.4. The number of esters is 1. The van der Waals surface area contributed by atoms with Gasteiger partial charge in [-0.15, -0.1) is 5.10 Å². The van der Waals surface area contributed by atoms with Gasteiger partial charge in [0.05, 0.1) is 6.10 Å². The summed E-state index contributed by atoms with van der Waals surface area (Å²) in [7, 11) is 0. The smallest absolute Gasteiger partial charge is 0.302 e. The second-order valence-corrected chi connectivity index (χ2v) is 5.42. The number of rotatable bonds is 3. The van der Waals surface area contributed by atoms with Crippen molar-refractivity contribution in [2.45, 2.75) is 19.3 Å². The number of hydrogen-bond acceptors (Lipinski definition) is 9. The van der Waals surface area contributed by atoms with Crippen LogP contribution in [0.2, 0.25) is 0 Å². The van der Waals surface area contributed by atoms with E-state index in [1.807, 2.05) is 0 Å². The summed E-state index contributed by atoms with van der Waals surface area (Å²) in [5, 5.41) is 20.4. The predicted octanol–water partition coefficient (Wildman–Crippen LogP) is -1.18. The molecule has 0 saturated carbocycles. The molecule has 2 radical (unpaired) electrons. The Balaban J connectivity index is 1.96. The van der Waals surface area contributed by atoms with Crippen LogP contribution < -0.4 is 11.3 Å². The molecule has 0 bridgehead atoms. The highest BCUT2D eigenvalue weighted by molar-refractivity contribution is 7.80. The van der Waals surface area contributed by atoms with Crippen LogP contribution in [0.25, 0.3) is 11.0 Å². The monoisotopic (exact) mass is 361 g/mol. The zero-order valence-electron chi connectivity index (χ0n) is 12.8. The van der Waals surface area contributed by atoms with E-state index in [2.05, 4.69) is 15.4 Å². The molecule has 0 amide bonds. The van der Waals surface area contributed by atoms with Gasteiger partial charge in [-0.2, -0.15) is 19.7 Å². The number of aromatic nitrogens is 5. The second-order valence-electron chi connectivity index (χ2n) is 5.00. The average molecular weight is 361 g/mol. The highest BCUT2D eigenvalue weighted by Gasteiger charge is 2.31. The van der Waals surface area contributed by atoms with Gasteiger partial charge in [-0.25, -0.2) is 0 Å². The van der Waals surface area contributed by atoms with Crippen molar-refractivity contribution in [3.8, 4) is 6.07 Å². The molecule has 11 nitrogen and oxygen atoms in total. The third-order valence-electron chi connectivity index (χ3n) is 3.32. The summed E-state index contributed by atoms with van der Waals surface area (Å²) in [6.45, 7) is 1.29. The van der Waals surface area contributed by atoms with Crippen LogP contribution in [0.3, 0.4) is 0 Å². The fraction of sp³-hybridized carbons (Fsp3) is 0.308. The average Bonchev–Trinajstić information content (AvgIpc) is 3.17. The van der Waals surface area contributed by atoms with Gasteiger partial charge in [-0.3, -0.25) is 9.59 Å². The Bertz CT molecular complexity index is 960. The molecule has 1 fully saturated rings. The molecule has 25 heavy (non-hydrogen) atoms. The predicted molar refractivity (Wildman–Crippen MR) is 85.6 cm³/mol. The van der Waals surface area contributed by atoms with Crippen LogP contribution in [-0.4, -0.2) is 48.6 Å². The van der Waals surface area contributed by atoms with Crippen molar-refractivity contribution < 1.29 is 14.3 Å². The molecule has 1 saturated heterocycles. The van der Waals surface area contributed by atoms with E-state index in [9.17, 15) is 9.59 Å². The third-order valence-corrected chi connectivity index (χ3v) is 3.50. The van der Waals surface area contributed by atoms with Crippen LogP contribution >= 0.6 is 12.2 Å². The van der Waals surface area contributed by atoms with Gasteiger partial charge in [0.15, 0.2) is 28.1 Å². The van der Waals surface area contributed by atoms with Crippen LogP contribution in [0.5, 0.6) is 0 Å². The van der Waals surface area contributed by atoms with Crippen LogP contribution in [0, 0.1) is 24.2 Å². The van der Waals surface area contributed by atoms with Crippen LogP contribution in [-0.2, 0) is 14.3 Å². The minimum absolute atomic E-state index is 0.00464. The number of fused-ring (bicyclic) bond motifs is 1. The van der Waals surface area contributed by atoms with Crippen molar-refractivity contribution in [3.63, 3.8) is 0 Å². The maximum absolute atomic E-state index is 12.7. The third kappa shape index (κ3) is 3.06. The molecule has 1 aliphatic heterocycles. The number of nitriles is 1. The van der Waals surface area contributed by atoms with Gasteiger partial charge >= 0.3 is 5.97 Å². The molecular weight excluding hydrogens is 350 g/mol. The summed E-state index contributed by atoms with van der Waals surface area (Å²) in [6.07, 6.45) is 1.83. The Labute approximate surface area is 145 Å². The molecule has 2 aromatic rings. The van der Waals surface area contributed by atoms with Gasteiger partial charge in [0.1, 0.15) is 12.7 Å². The second kappa shape index (κ2) is 6.54. The zero-order valence-corrected chi connectivity index (χ0v) is 13.6. The van der Waals surface area contributed by atoms with Gasteiger partial charge in [0.2, 0.25) is 0 Å². The van der Waals surface area contributed by atoms with E-state index in [0.717, 1.165) is 9.36 Å². The quantitative estimate of drug-likeness (QED) is 0.522. The van der Waals surface area contributed by atoms with Gasteiger partial charge < -0.3 is 15.2 Å². The SMILES string of the molecule is CC(=O)OCC1[CH][CH]C(n2nnc3c(C#N)nn(C(N)=S)c3c2=O)O1. The molecule has 2 unspecified atom stereocenters. The maximum Gasteiger partial charge on any atom is 0.302 e. The lowest BCUT2D eigenvalue weighted by Gasteiger charge is -2.14. The van der Waals surface area contributed by atoms with E-state index in [0.29, 0.717) is 0 Å². The van der Waals surface area contributed by atoms with Gasteiger partial charge in [-0.1, -0.05) is 5.21 Å². The van der Waals surface area contributed by atoms with Gasteiger partial charge in [-0.05, 0) is 12.2 Å². The van der Waals surface area contributed by atoms with E-state index < -0.39 is 23.9 Å². The van der Waals surface area contributed by atoms with Crippen LogP contribution in [0.4, 0.5) is 0 Å². The molecule has 0 aliphatic carbocycles. The number of hydrogen-bond donors (Lipinski definition) is 1.